The van der Waals surface area contributed by atoms with E-state index in [0.29, 0.717) is 12.0 Å². The molecule has 3 nitrogen and oxygen atoms in total. The van der Waals surface area contributed by atoms with Gasteiger partial charge in [-0.15, -0.1) is 0 Å². The van der Waals surface area contributed by atoms with Gasteiger partial charge in [0.25, 0.3) is 0 Å². The number of nitrogens with one attached hydrogen (secondary N) is 1. The maximum absolute atomic E-state index is 10.2. The van der Waals surface area contributed by atoms with E-state index in [1.807, 2.05) is 0 Å². The van der Waals surface area contributed by atoms with Crippen LogP contribution >= 0.6 is 0 Å². The maximum atomic E-state index is 10.2. The van der Waals surface area contributed by atoms with Gasteiger partial charge in [0.15, 0.2) is 11.5 Å². The number of benzene rings is 1. The summed E-state index contributed by atoms with van der Waals surface area (Å²) in [5.74, 6) is 2.92. The van der Waals surface area contributed by atoms with Crippen molar-refractivity contribution in [1.29, 1.82) is 0 Å². The smallest absolute Gasteiger partial charge is 0.173 e. The Balaban J connectivity index is 1.73. The average Bonchev–Trinajstić information content (AvgIpc) is 3.17. The van der Waals surface area contributed by atoms with Crippen LogP contribution in [0.25, 0.3) is 0 Å². The zero-order valence-electron chi connectivity index (χ0n) is 11.0. The molecule has 1 saturated heterocycles. The van der Waals surface area contributed by atoms with Crippen molar-refractivity contribution in [3.8, 4) is 11.5 Å². The summed E-state index contributed by atoms with van der Waals surface area (Å²) < 4.78 is 5.61. The molecule has 1 unspecified atom stereocenters. The number of fused-ring (bicyclic) bond motifs is 3. The fourth-order valence-electron chi connectivity index (χ4n) is 5.15. The van der Waals surface area contributed by atoms with E-state index in [1.165, 1.54) is 11.1 Å². The summed E-state index contributed by atoms with van der Waals surface area (Å²) in [5, 5.41) is 13.9. The van der Waals surface area contributed by atoms with Gasteiger partial charge in [0.2, 0.25) is 0 Å². The third kappa shape index (κ3) is 1.25. The molecule has 2 bridgehead atoms. The molecule has 2 aliphatic carbocycles. The van der Waals surface area contributed by atoms with Crippen LogP contribution in [0, 0.1) is 5.92 Å². The standard InChI is InChI=1S/C16H19NO2/c18-9-1-2-12-13-7-10-11(3-4-14-15(10)19-14)16(12,8-9)5-6-17-13/h3-4,9,12-13,17-18H,1-2,5-8H2/t9?,12-,13+,16+/m0/s1. The highest BCUT2D eigenvalue weighted by atomic mass is 16.6. The Morgan fingerprint density at radius 2 is 2.26 bits per heavy atom. The number of hydrogen-bond donors (Lipinski definition) is 2. The minimum Gasteiger partial charge on any atom is -0.449 e. The summed E-state index contributed by atoms with van der Waals surface area (Å²) in [6.07, 6.45) is 5.24. The largest absolute Gasteiger partial charge is 0.449 e. The van der Waals surface area contributed by atoms with Gasteiger partial charge in [-0.25, -0.2) is 0 Å². The van der Waals surface area contributed by atoms with E-state index < -0.39 is 0 Å². The summed E-state index contributed by atoms with van der Waals surface area (Å²) in [4.78, 5) is 0. The van der Waals surface area contributed by atoms with Crippen LogP contribution < -0.4 is 10.1 Å². The molecule has 0 radical (unpaired) electrons. The van der Waals surface area contributed by atoms with Gasteiger partial charge >= 0.3 is 0 Å². The van der Waals surface area contributed by atoms with Crippen LogP contribution in [-0.2, 0) is 11.8 Å². The van der Waals surface area contributed by atoms with Crippen molar-refractivity contribution in [3.05, 3.63) is 23.3 Å². The highest BCUT2D eigenvalue weighted by Crippen LogP contribution is 2.60. The Hall–Kier alpha value is -1.06. The van der Waals surface area contributed by atoms with E-state index >= 15 is 0 Å². The fraction of sp³-hybridized carbons (Fsp3) is 0.625. The predicted molar refractivity (Wildman–Crippen MR) is 71.7 cm³/mol. The molecule has 2 N–H and O–H groups in total. The second kappa shape index (κ2) is 3.33. The molecule has 0 amide bonds. The van der Waals surface area contributed by atoms with E-state index in [4.69, 9.17) is 4.74 Å². The van der Waals surface area contributed by atoms with Crippen LogP contribution in [0.5, 0.6) is 11.5 Å². The molecule has 0 spiro atoms. The number of hydrogen-bond acceptors (Lipinski definition) is 3. The Bertz CT molecular complexity index is 570. The summed E-state index contributed by atoms with van der Waals surface area (Å²) in [6, 6.07) is 5.00. The zero-order chi connectivity index (χ0) is 12.6. The Kier molecular flexibility index (Phi) is 1.88. The highest BCUT2D eigenvalue weighted by molar-refractivity contribution is 5.64. The molecule has 0 aromatic heterocycles. The molecule has 1 aromatic carbocycles. The van der Waals surface area contributed by atoms with Gasteiger partial charge in [-0.05, 0) is 56.2 Å². The molecule has 1 aromatic rings. The number of piperidine rings is 1. The van der Waals surface area contributed by atoms with Gasteiger partial charge in [0, 0.05) is 17.0 Å². The van der Waals surface area contributed by atoms with Crippen LogP contribution in [-0.4, -0.2) is 23.8 Å². The van der Waals surface area contributed by atoms with Gasteiger partial charge in [-0.1, -0.05) is 6.07 Å². The SMILES string of the molecule is OC1CC[C@H]2[C@H]3Cc4c(ccc5c4O5)[C@@]2(CCN3)C1. The van der Waals surface area contributed by atoms with Crippen LogP contribution in [0.4, 0.5) is 0 Å². The van der Waals surface area contributed by atoms with Gasteiger partial charge < -0.3 is 15.2 Å². The topological polar surface area (TPSA) is 44.8 Å². The molecule has 2 fully saturated rings. The number of rotatable bonds is 0. The van der Waals surface area contributed by atoms with Gasteiger partial charge in [-0.3, -0.25) is 0 Å². The van der Waals surface area contributed by atoms with Crippen molar-refractivity contribution in [2.75, 3.05) is 6.54 Å². The van der Waals surface area contributed by atoms with Crippen LogP contribution in [0.15, 0.2) is 12.1 Å². The van der Waals surface area contributed by atoms with E-state index in [2.05, 4.69) is 17.4 Å². The minimum absolute atomic E-state index is 0.120. The van der Waals surface area contributed by atoms with Gasteiger partial charge in [0.1, 0.15) is 0 Å². The fourth-order valence-corrected chi connectivity index (χ4v) is 5.15. The molecular formula is C16H19NO2. The van der Waals surface area contributed by atoms with E-state index in [9.17, 15) is 5.11 Å². The number of aliphatic hydroxyl groups excluding tert-OH is 1. The molecule has 5 rings (SSSR count). The van der Waals surface area contributed by atoms with Crippen molar-refractivity contribution >= 4 is 0 Å². The van der Waals surface area contributed by atoms with Crippen molar-refractivity contribution in [1.82, 2.24) is 5.32 Å². The lowest BCUT2D eigenvalue weighted by atomic mass is 9.52. The van der Waals surface area contributed by atoms with Gasteiger partial charge in [0.05, 0.1) is 6.10 Å². The number of aliphatic hydroxyl groups is 1. The minimum atomic E-state index is -0.120. The molecule has 3 heteroatoms. The maximum Gasteiger partial charge on any atom is 0.173 e. The van der Waals surface area contributed by atoms with Crippen LogP contribution in [0.1, 0.15) is 36.8 Å². The van der Waals surface area contributed by atoms with E-state index in [0.717, 1.165) is 50.1 Å². The lowest BCUT2D eigenvalue weighted by molar-refractivity contribution is 0.00383. The molecular weight excluding hydrogens is 238 g/mol. The molecule has 2 aliphatic heterocycles. The van der Waals surface area contributed by atoms with Crippen LogP contribution in [0.3, 0.4) is 0 Å². The van der Waals surface area contributed by atoms with Gasteiger partial charge in [-0.2, -0.15) is 0 Å². The predicted octanol–water partition coefficient (Wildman–Crippen LogP) is 2.11. The second-order valence-corrected chi connectivity index (χ2v) is 6.73. The molecule has 100 valence electrons. The van der Waals surface area contributed by atoms with Crippen LogP contribution in [0.2, 0.25) is 0 Å². The summed E-state index contributed by atoms with van der Waals surface area (Å²) in [7, 11) is 0. The quantitative estimate of drug-likeness (QED) is 0.710. The van der Waals surface area contributed by atoms with Crippen molar-refractivity contribution in [2.24, 2.45) is 5.92 Å². The first-order valence-corrected chi connectivity index (χ1v) is 7.54. The zero-order valence-corrected chi connectivity index (χ0v) is 11.0. The monoisotopic (exact) mass is 257 g/mol. The van der Waals surface area contributed by atoms with E-state index in [1.54, 1.807) is 0 Å². The third-order valence-corrected chi connectivity index (χ3v) is 5.94. The normalized spacial score (nSPS) is 41.6. The Labute approximate surface area is 113 Å². The second-order valence-electron chi connectivity index (χ2n) is 6.73. The molecule has 2 heterocycles. The van der Waals surface area contributed by atoms with Crippen molar-refractivity contribution in [2.45, 2.75) is 49.7 Å². The lowest BCUT2D eigenvalue weighted by Gasteiger charge is -2.56. The highest BCUT2D eigenvalue weighted by Gasteiger charge is 2.54. The first-order chi connectivity index (χ1) is 9.28. The van der Waals surface area contributed by atoms with Crippen molar-refractivity contribution in [3.63, 3.8) is 0 Å². The number of ether oxygens (including phenoxy) is 1. The Morgan fingerprint density at radius 1 is 1.32 bits per heavy atom. The lowest BCUT2D eigenvalue weighted by Crippen LogP contribution is -2.60. The molecule has 19 heavy (non-hydrogen) atoms. The molecule has 4 atom stereocenters. The first kappa shape index (κ1) is 10.7. The summed E-state index contributed by atoms with van der Waals surface area (Å²) >= 11 is 0. The third-order valence-electron chi connectivity index (χ3n) is 5.94. The first-order valence-electron chi connectivity index (χ1n) is 7.54. The van der Waals surface area contributed by atoms with E-state index in [-0.39, 0.29) is 11.5 Å². The summed E-state index contributed by atoms with van der Waals surface area (Å²) in [5.41, 5.74) is 3.13. The Morgan fingerprint density at radius 3 is 3.21 bits per heavy atom. The average molecular weight is 257 g/mol. The summed E-state index contributed by atoms with van der Waals surface area (Å²) in [6.45, 7) is 1.09. The molecule has 4 aliphatic rings. The molecule has 1 saturated carbocycles. The van der Waals surface area contributed by atoms with Crippen molar-refractivity contribution < 1.29 is 9.84 Å².